The second kappa shape index (κ2) is 4.65. The van der Waals surface area contributed by atoms with Gasteiger partial charge in [-0.2, -0.15) is 5.10 Å². The third-order valence-corrected chi connectivity index (χ3v) is 2.20. The number of carbonyl (C=O) groups excluding carboxylic acids is 1. The van der Waals surface area contributed by atoms with Gasteiger partial charge in [-0.3, -0.25) is 9.48 Å². The van der Waals surface area contributed by atoms with Crippen molar-refractivity contribution in [3.8, 4) is 5.75 Å². The van der Waals surface area contributed by atoms with Crippen LogP contribution in [0.2, 0.25) is 0 Å². The highest BCUT2D eigenvalue weighted by molar-refractivity contribution is 5.94. The highest BCUT2D eigenvalue weighted by Crippen LogP contribution is 2.12. The molecule has 2 rings (SSSR count). The number of nitrogens with one attached hydrogen (secondary N) is 1. The number of rotatable bonds is 3. The molecule has 88 valence electrons. The maximum absolute atomic E-state index is 11.7. The lowest BCUT2D eigenvalue weighted by molar-refractivity contribution is 0.0942. The zero-order valence-corrected chi connectivity index (χ0v) is 9.29. The first-order chi connectivity index (χ1) is 8.16. The summed E-state index contributed by atoms with van der Waals surface area (Å²) in [4.78, 5) is 15.5. The molecular weight excluding hydrogens is 220 g/mol. The zero-order chi connectivity index (χ0) is 12.3. The minimum atomic E-state index is -0.422. The van der Waals surface area contributed by atoms with Crippen LogP contribution < -0.4 is 5.32 Å². The number of carbonyl (C=O) groups is 1. The fourth-order valence-corrected chi connectivity index (χ4v) is 1.38. The van der Waals surface area contributed by atoms with Crippen molar-refractivity contribution in [1.82, 2.24) is 20.1 Å². The van der Waals surface area contributed by atoms with Crippen LogP contribution >= 0.6 is 0 Å². The molecule has 0 aliphatic carbocycles. The van der Waals surface area contributed by atoms with Gasteiger partial charge in [0, 0.05) is 19.4 Å². The standard InChI is InChI=1S/C11H12N4O2/c1-15-6-4-8(14-15)7-13-11(17)10-9(16)3-2-5-12-10/h2-6,16H,7H2,1H3,(H,13,17). The molecule has 2 aromatic rings. The van der Waals surface area contributed by atoms with Gasteiger partial charge in [0.2, 0.25) is 0 Å². The number of amides is 1. The van der Waals surface area contributed by atoms with E-state index in [2.05, 4.69) is 15.4 Å². The molecule has 6 heteroatoms. The van der Waals surface area contributed by atoms with E-state index in [0.717, 1.165) is 5.69 Å². The topological polar surface area (TPSA) is 80.0 Å². The molecule has 17 heavy (non-hydrogen) atoms. The molecule has 0 bridgehead atoms. The number of aryl methyl sites for hydroxylation is 1. The minimum Gasteiger partial charge on any atom is -0.505 e. The third kappa shape index (κ3) is 2.60. The van der Waals surface area contributed by atoms with Gasteiger partial charge >= 0.3 is 0 Å². The van der Waals surface area contributed by atoms with Crippen LogP contribution in [0.1, 0.15) is 16.2 Å². The largest absolute Gasteiger partial charge is 0.505 e. The molecule has 0 atom stereocenters. The molecule has 0 radical (unpaired) electrons. The van der Waals surface area contributed by atoms with Gasteiger partial charge in [0.15, 0.2) is 5.69 Å². The minimum absolute atomic E-state index is 0.0171. The maximum atomic E-state index is 11.7. The second-order valence-electron chi connectivity index (χ2n) is 3.53. The van der Waals surface area contributed by atoms with E-state index in [1.165, 1.54) is 12.3 Å². The van der Waals surface area contributed by atoms with Crippen LogP contribution in [0.4, 0.5) is 0 Å². The van der Waals surface area contributed by atoms with Crippen molar-refractivity contribution >= 4 is 5.91 Å². The summed E-state index contributed by atoms with van der Waals surface area (Å²) in [6, 6.07) is 4.78. The quantitative estimate of drug-likeness (QED) is 0.805. The summed E-state index contributed by atoms with van der Waals surface area (Å²) in [6.07, 6.45) is 3.25. The maximum Gasteiger partial charge on any atom is 0.274 e. The average Bonchev–Trinajstić information content (AvgIpc) is 2.73. The van der Waals surface area contributed by atoms with Crippen LogP contribution in [0, 0.1) is 0 Å². The summed E-state index contributed by atoms with van der Waals surface area (Å²) < 4.78 is 1.65. The summed E-state index contributed by atoms with van der Waals surface area (Å²) in [5.41, 5.74) is 0.764. The first-order valence-electron chi connectivity index (χ1n) is 5.07. The zero-order valence-electron chi connectivity index (χ0n) is 9.29. The molecule has 0 aliphatic heterocycles. The van der Waals surface area contributed by atoms with Crippen molar-refractivity contribution in [2.24, 2.45) is 7.05 Å². The number of pyridine rings is 1. The van der Waals surface area contributed by atoms with E-state index in [4.69, 9.17) is 0 Å². The fraction of sp³-hybridized carbons (Fsp3) is 0.182. The van der Waals surface area contributed by atoms with E-state index in [-0.39, 0.29) is 11.4 Å². The Morgan fingerprint density at radius 2 is 2.35 bits per heavy atom. The molecule has 2 aromatic heterocycles. The number of hydrogen-bond donors (Lipinski definition) is 2. The Balaban J connectivity index is 2.01. The van der Waals surface area contributed by atoms with E-state index in [0.29, 0.717) is 6.54 Å². The van der Waals surface area contributed by atoms with E-state index < -0.39 is 5.91 Å². The molecule has 2 heterocycles. The van der Waals surface area contributed by atoms with Crippen molar-refractivity contribution in [2.45, 2.75) is 6.54 Å². The van der Waals surface area contributed by atoms with Gasteiger partial charge in [0.25, 0.3) is 5.91 Å². The van der Waals surface area contributed by atoms with Crippen LogP contribution in [0.5, 0.6) is 5.75 Å². The highest BCUT2D eigenvalue weighted by Gasteiger charge is 2.11. The molecule has 0 spiro atoms. The molecule has 6 nitrogen and oxygen atoms in total. The molecule has 0 fully saturated rings. The molecule has 0 aliphatic rings. The molecule has 0 saturated heterocycles. The average molecular weight is 232 g/mol. The molecule has 0 unspecified atom stereocenters. The summed E-state index contributed by atoms with van der Waals surface area (Å²) >= 11 is 0. The van der Waals surface area contributed by atoms with Crippen LogP contribution in [0.15, 0.2) is 30.6 Å². The van der Waals surface area contributed by atoms with Gasteiger partial charge in [0.1, 0.15) is 5.75 Å². The predicted molar refractivity (Wildman–Crippen MR) is 60.3 cm³/mol. The van der Waals surface area contributed by atoms with Crippen molar-refractivity contribution in [2.75, 3.05) is 0 Å². The van der Waals surface area contributed by atoms with Crippen LogP contribution in [0.25, 0.3) is 0 Å². The molecule has 2 N–H and O–H groups in total. The van der Waals surface area contributed by atoms with Crippen LogP contribution in [-0.2, 0) is 13.6 Å². The number of nitrogens with zero attached hydrogens (tertiary/aromatic N) is 3. The number of hydrogen-bond acceptors (Lipinski definition) is 4. The van der Waals surface area contributed by atoms with Crippen molar-refractivity contribution < 1.29 is 9.90 Å². The van der Waals surface area contributed by atoms with Gasteiger partial charge < -0.3 is 10.4 Å². The first-order valence-corrected chi connectivity index (χ1v) is 5.07. The number of aromatic hydroxyl groups is 1. The Kier molecular flexibility index (Phi) is 3.04. The van der Waals surface area contributed by atoms with Crippen LogP contribution in [-0.4, -0.2) is 25.8 Å². The summed E-state index contributed by atoms with van der Waals surface area (Å²) in [7, 11) is 1.80. The van der Waals surface area contributed by atoms with Gasteiger partial charge in [-0.1, -0.05) is 0 Å². The summed E-state index contributed by atoms with van der Waals surface area (Å²) in [5, 5.41) is 16.2. The van der Waals surface area contributed by atoms with Gasteiger partial charge in [-0.15, -0.1) is 0 Å². The van der Waals surface area contributed by atoms with Crippen molar-refractivity contribution in [3.05, 3.63) is 42.0 Å². The van der Waals surface area contributed by atoms with E-state index in [9.17, 15) is 9.90 Å². The van der Waals surface area contributed by atoms with E-state index >= 15 is 0 Å². The highest BCUT2D eigenvalue weighted by atomic mass is 16.3. The lowest BCUT2D eigenvalue weighted by atomic mass is 10.3. The first kappa shape index (κ1) is 11.1. The van der Waals surface area contributed by atoms with Crippen molar-refractivity contribution in [3.63, 3.8) is 0 Å². The smallest absolute Gasteiger partial charge is 0.274 e. The monoisotopic (exact) mass is 232 g/mol. The summed E-state index contributed by atoms with van der Waals surface area (Å²) in [6.45, 7) is 0.301. The SMILES string of the molecule is Cn1ccc(CNC(=O)c2ncccc2O)n1. The van der Waals surface area contributed by atoms with Gasteiger partial charge in [-0.05, 0) is 18.2 Å². The molecule has 0 aromatic carbocycles. The fourth-order valence-electron chi connectivity index (χ4n) is 1.38. The van der Waals surface area contributed by atoms with Crippen molar-refractivity contribution in [1.29, 1.82) is 0 Å². The normalized spacial score (nSPS) is 10.2. The second-order valence-corrected chi connectivity index (χ2v) is 3.53. The number of aromatic nitrogens is 3. The lowest BCUT2D eigenvalue weighted by Crippen LogP contribution is -2.24. The molecular formula is C11H12N4O2. The molecule has 0 saturated carbocycles. The van der Waals surface area contributed by atoms with Crippen LogP contribution in [0.3, 0.4) is 0 Å². The Bertz CT molecular complexity index is 536. The van der Waals surface area contributed by atoms with Gasteiger partial charge in [-0.25, -0.2) is 4.98 Å². The van der Waals surface area contributed by atoms with E-state index in [1.807, 2.05) is 0 Å². The third-order valence-electron chi connectivity index (χ3n) is 2.20. The summed E-state index contributed by atoms with van der Waals surface area (Å²) in [5.74, 6) is -0.556. The Morgan fingerprint density at radius 3 is 3.00 bits per heavy atom. The lowest BCUT2D eigenvalue weighted by Gasteiger charge is -2.03. The molecule has 1 amide bonds. The van der Waals surface area contributed by atoms with E-state index in [1.54, 1.807) is 30.1 Å². The Labute approximate surface area is 97.9 Å². The van der Waals surface area contributed by atoms with Gasteiger partial charge in [0.05, 0.1) is 12.2 Å². The predicted octanol–water partition coefficient (Wildman–Crippen LogP) is 0.451. The Hall–Kier alpha value is -2.37. The Morgan fingerprint density at radius 1 is 1.53 bits per heavy atom.